The molecule has 0 saturated carbocycles. The molecule has 0 radical (unpaired) electrons. The Morgan fingerprint density at radius 3 is 2.63 bits per heavy atom. The van der Waals surface area contributed by atoms with Crippen LogP contribution in [0.2, 0.25) is 0 Å². The molecule has 0 atom stereocenters. The van der Waals surface area contributed by atoms with Gasteiger partial charge >= 0.3 is 0 Å². The first-order valence-corrected chi connectivity index (χ1v) is 5.15. The number of benzene rings is 1. The zero-order chi connectivity index (χ0) is 14.0. The number of rotatable bonds is 2. The second-order valence-corrected chi connectivity index (χ2v) is 3.68. The summed E-state index contributed by atoms with van der Waals surface area (Å²) in [7, 11) is 0. The van der Waals surface area contributed by atoms with Crippen molar-refractivity contribution in [3.05, 3.63) is 41.5 Å². The summed E-state index contributed by atoms with van der Waals surface area (Å²) in [6.07, 6.45) is 1.29. The zero-order valence-corrected chi connectivity index (χ0v) is 9.66. The number of carbonyl (C=O) groups is 1. The van der Waals surface area contributed by atoms with Crippen molar-refractivity contribution in [1.82, 2.24) is 9.55 Å². The normalized spacial score (nSPS) is 9.58. The Bertz CT molecular complexity index is 747. The fraction of sp³-hybridized carbons (Fsp3) is 0. The van der Waals surface area contributed by atoms with Crippen molar-refractivity contribution in [2.75, 3.05) is 5.73 Å². The molecule has 0 bridgehead atoms. The molecule has 1 heterocycles. The number of nitriles is 2. The van der Waals surface area contributed by atoms with Gasteiger partial charge in [0, 0.05) is 5.69 Å². The minimum atomic E-state index is -0.682. The van der Waals surface area contributed by atoms with Gasteiger partial charge in [0.15, 0.2) is 11.4 Å². The summed E-state index contributed by atoms with van der Waals surface area (Å²) < 4.78 is 1.33. The van der Waals surface area contributed by atoms with Gasteiger partial charge in [0.25, 0.3) is 5.91 Å². The highest BCUT2D eigenvalue weighted by Gasteiger charge is 2.16. The number of nitrogens with zero attached hydrogens (tertiary/aromatic N) is 4. The lowest BCUT2D eigenvalue weighted by Crippen LogP contribution is -2.15. The molecular formula is C12H8N6O. The van der Waals surface area contributed by atoms with E-state index in [2.05, 4.69) is 4.98 Å². The van der Waals surface area contributed by atoms with E-state index in [1.165, 1.54) is 17.0 Å². The number of anilines is 1. The van der Waals surface area contributed by atoms with Crippen molar-refractivity contribution in [2.24, 2.45) is 5.73 Å². The van der Waals surface area contributed by atoms with Crippen LogP contribution in [0.3, 0.4) is 0 Å². The molecule has 0 aliphatic rings. The molecule has 19 heavy (non-hydrogen) atoms. The number of hydrogen-bond acceptors (Lipinski definition) is 5. The van der Waals surface area contributed by atoms with Crippen LogP contribution in [-0.4, -0.2) is 15.5 Å². The number of nitrogens with two attached hydrogens (primary N) is 2. The molecule has 1 aromatic heterocycles. The maximum atomic E-state index is 11.4. The Balaban J connectivity index is 2.74. The van der Waals surface area contributed by atoms with Crippen molar-refractivity contribution in [1.29, 1.82) is 10.5 Å². The Hall–Kier alpha value is -3.32. The quantitative estimate of drug-likeness (QED) is 0.741. The second kappa shape index (κ2) is 4.51. The molecule has 92 valence electrons. The molecule has 2 aromatic rings. The van der Waals surface area contributed by atoms with Gasteiger partial charge in [-0.15, -0.1) is 0 Å². The average molecular weight is 252 g/mol. The van der Waals surface area contributed by atoms with Crippen LogP contribution in [-0.2, 0) is 0 Å². The predicted molar refractivity (Wildman–Crippen MR) is 65.9 cm³/mol. The molecule has 0 unspecified atom stereocenters. The number of aromatic nitrogens is 2. The third kappa shape index (κ3) is 1.96. The van der Waals surface area contributed by atoms with E-state index < -0.39 is 5.91 Å². The lowest BCUT2D eigenvalue weighted by molar-refractivity contribution is 0.100. The minimum Gasteiger partial charge on any atom is -0.399 e. The van der Waals surface area contributed by atoms with Crippen molar-refractivity contribution in [3.8, 4) is 17.8 Å². The van der Waals surface area contributed by atoms with Crippen LogP contribution < -0.4 is 11.5 Å². The zero-order valence-electron chi connectivity index (χ0n) is 9.66. The first-order valence-electron chi connectivity index (χ1n) is 5.15. The standard InChI is InChI=1S/C12H8N6O/c13-4-9-11(5-14)18(6-17-9)10-2-1-7(15)3-8(10)12(16)19/h1-3,6H,15H2,(H2,16,19). The molecule has 0 aliphatic heterocycles. The van der Waals surface area contributed by atoms with E-state index in [1.54, 1.807) is 18.2 Å². The second-order valence-electron chi connectivity index (χ2n) is 3.68. The smallest absolute Gasteiger partial charge is 0.250 e. The number of hydrogen-bond donors (Lipinski definition) is 2. The van der Waals surface area contributed by atoms with E-state index >= 15 is 0 Å². The van der Waals surface area contributed by atoms with Gasteiger partial charge in [-0.25, -0.2) is 4.98 Å². The van der Waals surface area contributed by atoms with Crippen molar-refractivity contribution >= 4 is 11.6 Å². The fourth-order valence-electron chi connectivity index (χ4n) is 1.68. The van der Waals surface area contributed by atoms with E-state index in [-0.39, 0.29) is 17.0 Å². The number of primary amides is 1. The van der Waals surface area contributed by atoms with Gasteiger partial charge in [-0.3, -0.25) is 9.36 Å². The molecular weight excluding hydrogens is 244 g/mol. The number of carbonyl (C=O) groups excluding carboxylic acids is 1. The maximum absolute atomic E-state index is 11.4. The Labute approximate surface area is 108 Å². The fourth-order valence-corrected chi connectivity index (χ4v) is 1.68. The summed E-state index contributed by atoms with van der Waals surface area (Å²) in [5.41, 5.74) is 11.8. The Kier molecular flexibility index (Phi) is 2.88. The van der Waals surface area contributed by atoms with Crippen LogP contribution >= 0.6 is 0 Å². The van der Waals surface area contributed by atoms with Gasteiger partial charge in [-0.2, -0.15) is 10.5 Å². The molecule has 4 N–H and O–H groups in total. The molecule has 0 saturated heterocycles. The molecule has 1 aromatic carbocycles. The topological polar surface area (TPSA) is 135 Å². The average Bonchev–Trinajstić information content (AvgIpc) is 2.81. The highest BCUT2D eigenvalue weighted by molar-refractivity contribution is 5.97. The van der Waals surface area contributed by atoms with Gasteiger partial charge in [-0.05, 0) is 18.2 Å². The highest BCUT2D eigenvalue weighted by atomic mass is 16.1. The van der Waals surface area contributed by atoms with Crippen molar-refractivity contribution < 1.29 is 4.79 Å². The first kappa shape index (κ1) is 12.1. The summed E-state index contributed by atoms with van der Waals surface area (Å²) in [5, 5.41) is 17.9. The lowest BCUT2D eigenvalue weighted by Gasteiger charge is -2.09. The van der Waals surface area contributed by atoms with Crippen molar-refractivity contribution in [2.45, 2.75) is 0 Å². The van der Waals surface area contributed by atoms with Gasteiger partial charge in [-0.1, -0.05) is 0 Å². The largest absolute Gasteiger partial charge is 0.399 e. The summed E-state index contributed by atoms with van der Waals surface area (Å²) in [4.78, 5) is 15.2. The summed E-state index contributed by atoms with van der Waals surface area (Å²) in [6, 6.07) is 8.18. The molecule has 1 amide bonds. The Morgan fingerprint density at radius 1 is 1.32 bits per heavy atom. The maximum Gasteiger partial charge on any atom is 0.250 e. The van der Waals surface area contributed by atoms with Crippen LogP contribution in [0, 0.1) is 22.7 Å². The van der Waals surface area contributed by atoms with Gasteiger partial charge in [0.1, 0.15) is 18.5 Å². The summed E-state index contributed by atoms with van der Waals surface area (Å²) in [5.74, 6) is -0.682. The minimum absolute atomic E-state index is 0.0188. The predicted octanol–water partition coefficient (Wildman–Crippen LogP) is 0.297. The third-order valence-corrected chi connectivity index (χ3v) is 2.52. The molecule has 7 heteroatoms. The van der Waals surface area contributed by atoms with Gasteiger partial charge in [0.2, 0.25) is 0 Å². The van der Waals surface area contributed by atoms with Crippen LogP contribution in [0.15, 0.2) is 24.5 Å². The van der Waals surface area contributed by atoms with E-state index in [9.17, 15) is 4.79 Å². The Morgan fingerprint density at radius 2 is 2.05 bits per heavy atom. The number of nitrogen functional groups attached to an aromatic ring is 1. The van der Waals surface area contributed by atoms with E-state index in [1.807, 2.05) is 6.07 Å². The number of imidazole rings is 1. The molecule has 2 rings (SSSR count). The molecule has 0 spiro atoms. The highest BCUT2D eigenvalue weighted by Crippen LogP contribution is 2.20. The number of amides is 1. The molecule has 7 nitrogen and oxygen atoms in total. The van der Waals surface area contributed by atoms with Gasteiger partial charge in [0.05, 0.1) is 11.3 Å². The third-order valence-electron chi connectivity index (χ3n) is 2.52. The first-order chi connectivity index (χ1) is 9.08. The van der Waals surface area contributed by atoms with Crippen LogP contribution in [0.4, 0.5) is 5.69 Å². The van der Waals surface area contributed by atoms with Crippen LogP contribution in [0.5, 0.6) is 0 Å². The monoisotopic (exact) mass is 252 g/mol. The van der Waals surface area contributed by atoms with Crippen LogP contribution in [0.1, 0.15) is 21.7 Å². The SMILES string of the molecule is N#Cc1ncn(-c2ccc(N)cc2C(N)=O)c1C#N. The van der Waals surface area contributed by atoms with Gasteiger partial charge < -0.3 is 11.5 Å². The molecule has 0 aliphatic carbocycles. The van der Waals surface area contributed by atoms with E-state index in [0.29, 0.717) is 11.4 Å². The van der Waals surface area contributed by atoms with Crippen molar-refractivity contribution in [3.63, 3.8) is 0 Å². The lowest BCUT2D eigenvalue weighted by atomic mass is 10.1. The summed E-state index contributed by atoms with van der Waals surface area (Å²) >= 11 is 0. The van der Waals surface area contributed by atoms with Crippen LogP contribution in [0.25, 0.3) is 5.69 Å². The van der Waals surface area contributed by atoms with E-state index in [4.69, 9.17) is 22.0 Å². The summed E-state index contributed by atoms with van der Waals surface area (Å²) in [6.45, 7) is 0. The van der Waals surface area contributed by atoms with E-state index in [0.717, 1.165) is 0 Å². The molecule has 0 fully saturated rings.